The monoisotopic (exact) mass is 230 g/mol. The average molecular weight is 230 g/mol. The predicted octanol–water partition coefficient (Wildman–Crippen LogP) is 2.57. The largest absolute Gasteiger partial charge is 0.368 e. The fraction of sp³-hybridized carbons (Fsp3) is 0.538. The Labute approximate surface area is 101 Å². The molecular weight excluding hydrogens is 212 g/mol. The van der Waals surface area contributed by atoms with Gasteiger partial charge in [-0.25, -0.2) is 9.97 Å². The van der Waals surface area contributed by atoms with Gasteiger partial charge in [0.1, 0.15) is 5.52 Å². The van der Waals surface area contributed by atoms with E-state index in [0.717, 1.165) is 23.4 Å². The van der Waals surface area contributed by atoms with Crippen molar-refractivity contribution in [2.24, 2.45) is 12.5 Å². The van der Waals surface area contributed by atoms with Gasteiger partial charge in [-0.1, -0.05) is 6.92 Å². The summed E-state index contributed by atoms with van der Waals surface area (Å²) in [5.41, 5.74) is 2.63. The molecule has 1 N–H and O–H groups in total. The first-order valence-corrected chi connectivity index (χ1v) is 6.24. The average Bonchev–Trinajstić information content (AvgIpc) is 3.05. The van der Waals surface area contributed by atoms with Crippen molar-refractivity contribution < 1.29 is 0 Å². The molecule has 0 aromatic carbocycles. The maximum absolute atomic E-state index is 4.40. The van der Waals surface area contributed by atoms with Crippen LogP contribution in [0, 0.1) is 5.41 Å². The smallest absolute Gasteiger partial charge is 0.154 e. The molecule has 0 radical (unpaired) electrons. The van der Waals surface area contributed by atoms with Crippen molar-refractivity contribution >= 4 is 16.9 Å². The second kappa shape index (κ2) is 3.72. The van der Waals surface area contributed by atoms with E-state index in [1.807, 2.05) is 30.2 Å². The van der Waals surface area contributed by atoms with Crippen molar-refractivity contribution in [3.05, 3.63) is 18.6 Å². The number of hydrogen-bond acceptors (Lipinski definition) is 3. The van der Waals surface area contributed by atoms with Crippen LogP contribution in [0.1, 0.15) is 26.2 Å². The highest BCUT2D eigenvalue weighted by atomic mass is 15.1. The van der Waals surface area contributed by atoms with Crippen molar-refractivity contribution in [2.75, 3.05) is 11.9 Å². The van der Waals surface area contributed by atoms with E-state index in [1.165, 1.54) is 19.3 Å². The number of hydrogen-bond donors (Lipinski definition) is 1. The van der Waals surface area contributed by atoms with Gasteiger partial charge >= 0.3 is 0 Å². The number of aryl methyl sites for hydroxylation is 1. The summed E-state index contributed by atoms with van der Waals surface area (Å²) in [6.07, 6.45) is 7.61. The number of pyridine rings is 1. The summed E-state index contributed by atoms with van der Waals surface area (Å²) in [6.45, 7) is 3.29. The molecule has 0 unspecified atom stereocenters. The molecule has 1 saturated carbocycles. The normalized spacial score (nSPS) is 17.3. The van der Waals surface area contributed by atoms with Gasteiger partial charge in [-0.15, -0.1) is 0 Å². The zero-order valence-electron chi connectivity index (χ0n) is 10.4. The van der Waals surface area contributed by atoms with Crippen LogP contribution in [-0.4, -0.2) is 21.1 Å². The Morgan fingerprint density at radius 3 is 2.94 bits per heavy atom. The maximum atomic E-state index is 4.40. The van der Waals surface area contributed by atoms with E-state index in [2.05, 4.69) is 22.2 Å². The van der Waals surface area contributed by atoms with Crippen LogP contribution in [0.5, 0.6) is 0 Å². The summed E-state index contributed by atoms with van der Waals surface area (Å²) in [6, 6.07) is 2.00. The lowest BCUT2D eigenvalue weighted by Gasteiger charge is -2.13. The summed E-state index contributed by atoms with van der Waals surface area (Å²) in [4.78, 5) is 8.80. The van der Waals surface area contributed by atoms with Gasteiger partial charge in [-0.3, -0.25) is 0 Å². The van der Waals surface area contributed by atoms with E-state index in [4.69, 9.17) is 0 Å². The highest BCUT2D eigenvalue weighted by molar-refractivity contribution is 5.85. The predicted molar refractivity (Wildman–Crippen MR) is 69.0 cm³/mol. The summed E-state index contributed by atoms with van der Waals surface area (Å²) < 4.78 is 2.02. The molecule has 0 atom stereocenters. The molecule has 1 fully saturated rings. The first-order chi connectivity index (χ1) is 8.24. The van der Waals surface area contributed by atoms with Crippen molar-refractivity contribution in [1.82, 2.24) is 14.5 Å². The van der Waals surface area contributed by atoms with Crippen molar-refractivity contribution in [2.45, 2.75) is 26.2 Å². The molecule has 90 valence electrons. The maximum Gasteiger partial charge on any atom is 0.154 e. The minimum Gasteiger partial charge on any atom is -0.368 e. The van der Waals surface area contributed by atoms with Crippen LogP contribution in [0.25, 0.3) is 11.0 Å². The minimum atomic E-state index is 0.526. The molecule has 4 nitrogen and oxygen atoms in total. The first-order valence-electron chi connectivity index (χ1n) is 6.24. The Balaban J connectivity index is 1.85. The van der Waals surface area contributed by atoms with Gasteiger partial charge in [0.05, 0.1) is 11.8 Å². The number of imidazole rings is 1. The van der Waals surface area contributed by atoms with Gasteiger partial charge in [0.2, 0.25) is 0 Å². The number of anilines is 1. The van der Waals surface area contributed by atoms with Gasteiger partial charge in [0, 0.05) is 19.8 Å². The molecule has 2 aromatic heterocycles. The number of fused-ring (bicyclic) bond motifs is 1. The summed E-state index contributed by atoms with van der Waals surface area (Å²) in [5.74, 6) is 0.919. The quantitative estimate of drug-likeness (QED) is 0.877. The Hall–Kier alpha value is -1.58. The van der Waals surface area contributed by atoms with Crippen molar-refractivity contribution in [3.8, 4) is 0 Å². The van der Waals surface area contributed by atoms with Crippen LogP contribution >= 0.6 is 0 Å². The highest BCUT2D eigenvalue weighted by Gasteiger charge is 2.40. The Bertz CT molecular complexity index is 539. The molecular formula is C13H18N4. The van der Waals surface area contributed by atoms with E-state index < -0.39 is 0 Å². The van der Waals surface area contributed by atoms with Crippen LogP contribution < -0.4 is 5.32 Å². The molecule has 17 heavy (non-hydrogen) atoms. The molecule has 3 rings (SSSR count). The van der Waals surface area contributed by atoms with E-state index in [-0.39, 0.29) is 0 Å². The van der Waals surface area contributed by atoms with E-state index in [0.29, 0.717) is 5.41 Å². The SMILES string of the molecule is CCC1(CNc2nccc3c2ncn3C)CC1. The van der Waals surface area contributed by atoms with Gasteiger partial charge in [0.25, 0.3) is 0 Å². The van der Waals surface area contributed by atoms with Gasteiger partial charge in [-0.2, -0.15) is 0 Å². The zero-order valence-corrected chi connectivity index (χ0v) is 10.4. The minimum absolute atomic E-state index is 0.526. The van der Waals surface area contributed by atoms with E-state index in [1.54, 1.807) is 0 Å². The lowest BCUT2D eigenvalue weighted by molar-refractivity contribution is 0.521. The molecule has 2 heterocycles. The van der Waals surface area contributed by atoms with Crippen LogP contribution in [-0.2, 0) is 7.05 Å². The molecule has 0 saturated heterocycles. The van der Waals surface area contributed by atoms with Crippen LogP contribution in [0.4, 0.5) is 5.82 Å². The standard InChI is InChI=1S/C13H18N4/c1-3-13(5-6-13)8-15-12-11-10(4-7-14-12)17(2)9-16-11/h4,7,9H,3,5-6,8H2,1-2H3,(H,14,15). The second-order valence-electron chi connectivity index (χ2n) is 5.09. The second-order valence-corrected chi connectivity index (χ2v) is 5.09. The molecule has 0 bridgehead atoms. The Morgan fingerprint density at radius 1 is 1.41 bits per heavy atom. The van der Waals surface area contributed by atoms with Crippen LogP contribution in [0.2, 0.25) is 0 Å². The van der Waals surface area contributed by atoms with Crippen molar-refractivity contribution in [3.63, 3.8) is 0 Å². The van der Waals surface area contributed by atoms with Gasteiger partial charge < -0.3 is 9.88 Å². The number of nitrogens with zero attached hydrogens (tertiary/aromatic N) is 3. The molecule has 0 amide bonds. The number of rotatable bonds is 4. The number of nitrogens with one attached hydrogen (secondary N) is 1. The third-order valence-corrected chi connectivity index (χ3v) is 3.98. The third-order valence-electron chi connectivity index (χ3n) is 3.98. The fourth-order valence-corrected chi connectivity index (χ4v) is 2.29. The summed E-state index contributed by atoms with van der Waals surface area (Å²) >= 11 is 0. The molecule has 1 aliphatic rings. The summed E-state index contributed by atoms with van der Waals surface area (Å²) in [7, 11) is 2.01. The lowest BCUT2D eigenvalue weighted by Crippen LogP contribution is -2.15. The topological polar surface area (TPSA) is 42.7 Å². The van der Waals surface area contributed by atoms with E-state index in [9.17, 15) is 0 Å². The molecule has 4 heteroatoms. The zero-order chi connectivity index (χ0) is 11.9. The molecule has 0 spiro atoms. The molecule has 2 aromatic rings. The fourth-order valence-electron chi connectivity index (χ4n) is 2.29. The van der Waals surface area contributed by atoms with E-state index >= 15 is 0 Å². The molecule has 0 aliphatic heterocycles. The first kappa shape index (κ1) is 10.6. The van der Waals surface area contributed by atoms with Gasteiger partial charge in [-0.05, 0) is 30.7 Å². The third kappa shape index (κ3) is 1.77. The Kier molecular flexibility index (Phi) is 2.31. The van der Waals surface area contributed by atoms with Gasteiger partial charge in [0.15, 0.2) is 5.82 Å². The highest BCUT2D eigenvalue weighted by Crippen LogP contribution is 2.48. The van der Waals surface area contributed by atoms with Crippen LogP contribution in [0.15, 0.2) is 18.6 Å². The van der Waals surface area contributed by atoms with Crippen molar-refractivity contribution in [1.29, 1.82) is 0 Å². The Morgan fingerprint density at radius 2 is 2.24 bits per heavy atom. The van der Waals surface area contributed by atoms with Crippen LogP contribution in [0.3, 0.4) is 0 Å². The lowest BCUT2D eigenvalue weighted by atomic mass is 10.0. The molecule has 1 aliphatic carbocycles. The summed E-state index contributed by atoms with van der Waals surface area (Å²) in [5, 5.41) is 3.47. The number of aromatic nitrogens is 3.